The van der Waals surface area contributed by atoms with Crippen molar-refractivity contribution in [2.24, 2.45) is 18.4 Å². The molecule has 0 fully saturated rings. The fourth-order valence-corrected chi connectivity index (χ4v) is 6.77. The standard InChI is InChI=1S/C26H28N6OS2/c1-5-26(2,3)15-10-11-16-18(13-27)24(35-20(16)12-15)28-21(33)14-34-25-29-23-22(30-31-25)17-8-6-7-9-19(17)32(23)4/h6-9,15H,5,10-12,14H2,1-4H3,(H,28,33). The summed E-state index contributed by atoms with van der Waals surface area (Å²) in [7, 11) is 1.95. The molecule has 1 atom stereocenters. The van der Waals surface area contributed by atoms with E-state index in [1.54, 1.807) is 11.3 Å². The molecule has 0 saturated carbocycles. The van der Waals surface area contributed by atoms with Gasteiger partial charge in [-0.25, -0.2) is 4.98 Å². The summed E-state index contributed by atoms with van der Waals surface area (Å²) >= 11 is 2.81. The number of nitrogens with one attached hydrogen (secondary N) is 1. The van der Waals surface area contributed by atoms with Crippen molar-refractivity contribution >= 4 is 56.1 Å². The summed E-state index contributed by atoms with van der Waals surface area (Å²) in [5.41, 5.74) is 4.56. The maximum Gasteiger partial charge on any atom is 0.235 e. The van der Waals surface area contributed by atoms with Crippen molar-refractivity contribution in [3.8, 4) is 6.07 Å². The second-order valence-corrected chi connectivity index (χ2v) is 11.8. The number of anilines is 1. The predicted molar refractivity (Wildman–Crippen MR) is 142 cm³/mol. The number of hydrogen-bond donors (Lipinski definition) is 1. The molecule has 7 nitrogen and oxygen atoms in total. The van der Waals surface area contributed by atoms with Crippen molar-refractivity contribution in [2.75, 3.05) is 11.1 Å². The van der Waals surface area contributed by atoms with E-state index in [0.29, 0.717) is 21.6 Å². The number of thioether (sulfide) groups is 1. The van der Waals surface area contributed by atoms with Gasteiger partial charge in [-0.1, -0.05) is 57.2 Å². The molecule has 9 heteroatoms. The molecule has 4 aromatic rings. The lowest BCUT2D eigenvalue weighted by Gasteiger charge is -2.36. The summed E-state index contributed by atoms with van der Waals surface area (Å²) in [6, 6.07) is 10.3. The molecule has 0 saturated heterocycles. The van der Waals surface area contributed by atoms with Gasteiger partial charge >= 0.3 is 0 Å². The van der Waals surface area contributed by atoms with Crippen molar-refractivity contribution < 1.29 is 4.79 Å². The molecule has 1 aliphatic carbocycles. The number of carbonyl (C=O) groups excluding carboxylic acids is 1. The molecule has 0 spiro atoms. The fourth-order valence-electron chi connectivity index (χ4n) is 4.89. The van der Waals surface area contributed by atoms with Crippen LogP contribution < -0.4 is 5.32 Å². The van der Waals surface area contributed by atoms with Gasteiger partial charge in [0.1, 0.15) is 16.6 Å². The number of hydrogen-bond acceptors (Lipinski definition) is 7. The minimum Gasteiger partial charge on any atom is -0.327 e. The highest BCUT2D eigenvalue weighted by Gasteiger charge is 2.34. The monoisotopic (exact) mass is 504 g/mol. The van der Waals surface area contributed by atoms with Gasteiger partial charge in [-0.05, 0) is 42.2 Å². The molecule has 1 N–H and O–H groups in total. The van der Waals surface area contributed by atoms with E-state index in [1.807, 2.05) is 35.9 Å². The van der Waals surface area contributed by atoms with Crippen molar-refractivity contribution in [2.45, 2.75) is 51.6 Å². The largest absolute Gasteiger partial charge is 0.327 e. The number of rotatable bonds is 6. The van der Waals surface area contributed by atoms with Crippen LogP contribution >= 0.6 is 23.1 Å². The van der Waals surface area contributed by atoms with E-state index in [9.17, 15) is 10.1 Å². The van der Waals surface area contributed by atoms with Gasteiger partial charge in [-0.15, -0.1) is 21.5 Å². The molecule has 1 aromatic carbocycles. The Kier molecular flexibility index (Phi) is 6.28. The van der Waals surface area contributed by atoms with Crippen molar-refractivity contribution in [1.82, 2.24) is 19.7 Å². The number of thiophene rings is 1. The number of nitrogens with zero attached hydrogens (tertiary/aromatic N) is 5. The SMILES string of the molecule is CCC(C)(C)C1CCc2c(sc(NC(=O)CSc3nnc4c5ccccc5n(C)c4n3)c2C#N)C1. The summed E-state index contributed by atoms with van der Waals surface area (Å²) in [5.74, 6) is 0.574. The molecular weight excluding hydrogens is 476 g/mol. The molecule has 3 heterocycles. The number of para-hydroxylation sites is 1. The third kappa shape index (κ3) is 4.30. The fraction of sp³-hybridized carbons (Fsp3) is 0.423. The van der Waals surface area contributed by atoms with E-state index in [1.165, 1.54) is 16.6 Å². The first-order chi connectivity index (χ1) is 16.8. The lowest BCUT2D eigenvalue weighted by atomic mass is 9.69. The van der Waals surface area contributed by atoms with Crippen LogP contribution in [0.5, 0.6) is 0 Å². The Morgan fingerprint density at radius 1 is 1.34 bits per heavy atom. The highest BCUT2D eigenvalue weighted by molar-refractivity contribution is 7.99. The number of carbonyl (C=O) groups is 1. The van der Waals surface area contributed by atoms with Gasteiger partial charge in [0.05, 0.1) is 16.8 Å². The van der Waals surface area contributed by atoms with Crippen LogP contribution in [0.1, 0.15) is 49.6 Å². The smallest absolute Gasteiger partial charge is 0.235 e. The highest BCUT2D eigenvalue weighted by atomic mass is 32.2. The second-order valence-electron chi connectivity index (χ2n) is 9.78. The van der Waals surface area contributed by atoms with E-state index >= 15 is 0 Å². The molecule has 5 rings (SSSR count). The molecule has 180 valence electrons. The first kappa shape index (κ1) is 23.8. The molecular formula is C26H28N6OS2. The Balaban J connectivity index is 1.30. The third-order valence-electron chi connectivity index (χ3n) is 7.47. The summed E-state index contributed by atoms with van der Waals surface area (Å²) in [5, 5.41) is 23.5. The number of aromatic nitrogens is 4. The molecule has 1 aliphatic rings. The third-order valence-corrected chi connectivity index (χ3v) is 9.47. The van der Waals surface area contributed by atoms with Crippen LogP contribution in [0, 0.1) is 22.7 Å². The Hall–Kier alpha value is -2.96. The number of benzene rings is 1. The van der Waals surface area contributed by atoms with Crippen LogP contribution in [0.15, 0.2) is 29.4 Å². The van der Waals surface area contributed by atoms with Gasteiger partial charge in [0.2, 0.25) is 11.1 Å². The number of fused-ring (bicyclic) bond motifs is 4. The average molecular weight is 505 g/mol. The van der Waals surface area contributed by atoms with Crippen LogP contribution in [0.2, 0.25) is 0 Å². The summed E-state index contributed by atoms with van der Waals surface area (Å²) in [4.78, 5) is 18.7. The quantitative estimate of drug-likeness (QED) is 0.337. The average Bonchev–Trinajstić information content (AvgIpc) is 3.36. The van der Waals surface area contributed by atoms with E-state index in [-0.39, 0.29) is 17.1 Å². The number of aryl methyl sites for hydroxylation is 1. The zero-order valence-electron chi connectivity index (χ0n) is 20.4. The zero-order chi connectivity index (χ0) is 24.7. The van der Waals surface area contributed by atoms with E-state index in [2.05, 4.69) is 47.3 Å². The molecule has 0 aliphatic heterocycles. The van der Waals surface area contributed by atoms with Gasteiger partial charge in [0, 0.05) is 17.3 Å². The molecule has 1 unspecified atom stereocenters. The zero-order valence-corrected chi connectivity index (χ0v) is 22.0. The van der Waals surface area contributed by atoms with Gasteiger partial charge < -0.3 is 9.88 Å². The first-order valence-corrected chi connectivity index (χ1v) is 13.7. The van der Waals surface area contributed by atoms with E-state index in [4.69, 9.17) is 0 Å². The maximum atomic E-state index is 12.8. The second kappa shape index (κ2) is 9.25. The van der Waals surface area contributed by atoms with E-state index in [0.717, 1.165) is 53.3 Å². The Bertz CT molecular complexity index is 1480. The minimum atomic E-state index is -0.170. The predicted octanol–water partition coefficient (Wildman–Crippen LogP) is 5.72. The topological polar surface area (TPSA) is 96.5 Å². The highest BCUT2D eigenvalue weighted by Crippen LogP contribution is 2.45. The maximum absolute atomic E-state index is 12.8. The molecule has 35 heavy (non-hydrogen) atoms. The Morgan fingerprint density at radius 3 is 2.91 bits per heavy atom. The lowest BCUT2D eigenvalue weighted by Crippen LogP contribution is -2.28. The number of nitriles is 1. The molecule has 0 bridgehead atoms. The molecule has 0 radical (unpaired) electrons. The van der Waals surface area contributed by atoms with Crippen molar-refractivity contribution in [3.63, 3.8) is 0 Å². The Morgan fingerprint density at radius 2 is 2.14 bits per heavy atom. The lowest BCUT2D eigenvalue weighted by molar-refractivity contribution is -0.113. The van der Waals surface area contributed by atoms with Crippen LogP contribution in [-0.2, 0) is 24.7 Å². The molecule has 3 aromatic heterocycles. The van der Waals surface area contributed by atoms with Crippen LogP contribution in [0.4, 0.5) is 5.00 Å². The summed E-state index contributed by atoms with van der Waals surface area (Å²) < 4.78 is 1.99. The van der Waals surface area contributed by atoms with Gasteiger partial charge in [0.15, 0.2) is 5.65 Å². The normalized spacial score (nSPS) is 15.8. The van der Waals surface area contributed by atoms with Crippen LogP contribution in [0.25, 0.3) is 22.1 Å². The molecule has 1 amide bonds. The minimum absolute atomic E-state index is 0.149. The number of amides is 1. The van der Waals surface area contributed by atoms with Crippen LogP contribution in [0.3, 0.4) is 0 Å². The van der Waals surface area contributed by atoms with E-state index < -0.39 is 0 Å². The van der Waals surface area contributed by atoms with Gasteiger partial charge in [-0.2, -0.15) is 5.26 Å². The van der Waals surface area contributed by atoms with Crippen molar-refractivity contribution in [1.29, 1.82) is 5.26 Å². The van der Waals surface area contributed by atoms with Crippen LogP contribution in [-0.4, -0.2) is 31.4 Å². The van der Waals surface area contributed by atoms with Gasteiger partial charge in [0.25, 0.3) is 0 Å². The Labute approximate surface area is 213 Å². The summed E-state index contributed by atoms with van der Waals surface area (Å²) in [6.45, 7) is 6.90. The van der Waals surface area contributed by atoms with Crippen molar-refractivity contribution in [3.05, 3.63) is 40.3 Å². The first-order valence-electron chi connectivity index (χ1n) is 11.9. The van der Waals surface area contributed by atoms with Gasteiger partial charge in [-0.3, -0.25) is 4.79 Å². The summed E-state index contributed by atoms with van der Waals surface area (Å²) in [6.07, 6.45) is 4.10.